The van der Waals surface area contributed by atoms with E-state index in [9.17, 15) is 4.39 Å². The van der Waals surface area contributed by atoms with Crippen LogP contribution in [0.2, 0.25) is 0 Å². The Balaban J connectivity index is 2.91. The van der Waals surface area contributed by atoms with Crippen molar-refractivity contribution in [3.63, 3.8) is 0 Å². The average molecular weight is 282 g/mol. The molecule has 1 aromatic rings. The van der Waals surface area contributed by atoms with E-state index in [-0.39, 0.29) is 0 Å². The molecule has 0 saturated heterocycles. The Kier molecular flexibility index (Phi) is 3.65. The zero-order valence-corrected chi connectivity index (χ0v) is 8.85. The van der Waals surface area contributed by atoms with Crippen LogP contribution in [0.4, 0.5) is 4.39 Å². The van der Waals surface area contributed by atoms with Gasteiger partial charge in [-0.15, -0.1) is 0 Å². The molecule has 0 spiro atoms. The van der Waals surface area contributed by atoms with Crippen molar-refractivity contribution in [2.75, 3.05) is 0 Å². The van der Waals surface area contributed by atoms with Crippen molar-refractivity contribution in [2.45, 2.75) is 9.93 Å². The predicted molar refractivity (Wildman–Crippen MR) is 57.0 cm³/mol. The fourth-order valence-corrected chi connectivity index (χ4v) is 1.41. The van der Waals surface area contributed by atoms with E-state index in [4.69, 9.17) is 0 Å². The fourth-order valence-electron chi connectivity index (χ4n) is 0.827. The number of hydrogen-bond acceptors (Lipinski definition) is 1. The summed E-state index contributed by atoms with van der Waals surface area (Å²) >= 11 is 5.85. The van der Waals surface area contributed by atoms with Gasteiger partial charge in [0, 0.05) is 5.75 Å². The second-order valence-electron chi connectivity index (χ2n) is 2.20. The minimum atomic E-state index is -0.910. The van der Waals surface area contributed by atoms with E-state index in [0.717, 1.165) is 11.1 Å². The third-order valence-electron chi connectivity index (χ3n) is 1.39. The number of hydrogen-bond donors (Lipinski definition) is 1. The molecule has 0 aliphatic rings. The summed E-state index contributed by atoms with van der Waals surface area (Å²) in [6, 6.07) is 7.41. The topological polar surface area (TPSA) is 0 Å². The van der Waals surface area contributed by atoms with Crippen LogP contribution in [-0.2, 0) is 5.75 Å². The molecule has 1 atom stereocenters. The number of thiol groups is 1. The van der Waals surface area contributed by atoms with Crippen LogP contribution in [0.15, 0.2) is 24.3 Å². The molecule has 0 radical (unpaired) electrons. The standard InChI is InChI=1S/C8H8FIS/c9-8(10)7-3-1-2-6(4-7)5-11/h1-4,8,11H,5H2. The van der Waals surface area contributed by atoms with Crippen LogP contribution in [0.25, 0.3) is 0 Å². The van der Waals surface area contributed by atoms with Gasteiger partial charge in [0.1, 0.15) is 0 Å². The zero-order chi connectivity index (χ0) is 8.27. The summed E-state index contributed by atoms with van der Waals surface area (Å²) in [6.45, 7) is 0. The summed E-state index contributed by atoms with van der Waals surface area (Å²) < 4.78 is 11.8. The molecular formula is C8H8FIS. The molecule has 0 aliphatic carbocycles. The molecule has 0 amide bonds. The lowest BCUT2D eigenvalue weighted by atomic mass is 10.2. The number of halogens is 2. The van der Waals surface area contributed by atoms with Crippen LogP contribution in [0.3, 0.4) is 0 Å². The van der Waals surface area contributed by atoms with E-state index in [0.29, 0.717) is 5.75 Å². The Morgan fingerprint density at radius 1 is 1.55 bits per heavy atom. The van der Waals surface area contributed by atoms with E-state index in [1.807, 2.05) is 18.2 Å². The van der Waals surface area contributed by atoms with Gasteiger partial charge in [-0.2, -0.15) is 12.6 Å². The number of benzene rings is 1. The summed E-state index contributed by atoms with van der Waals surface area (Å²) in [6.07, 6.45) is 0. The van der Waals surface area contributed by atoms with Gasteiger partial charge in [-0.05, 0) is 33.7 Å². The molecule has 11 heavy (non-hydrogen) atoms. The Morgan fingerprint density at radius 3 is 2.82 bits per heavy atom. The van der Waals surface area contributed by atoms with Gasteiger partial charge in [0.25, 0.3) is 0 Å². The number of rotatable bonds is 2. The van der Waals surface area contributed by atoms with Crippen molar-refractivity contribution < 1.29 is 4.39 Å². The van der Waals surface area contributed by atoms with Crippen molar-refractivity contribution in [1.29, 1.82) is 0 Å². The van der Waals surface area contributed by atoms with Crippen LogP contribution < -0.4 is 0 Å². The lowest BCUT2D eigenvalue weighted by Gasteiger charge is -2.01. The molecular weight excluding hydrogens is 274 g/mol. The monoisotopic (exact) mass is 282 g/mol. The van der Waals surface area contributed by atoms with E-state index in [2.05, 4.69) is 12.6 Å². The summed E-state index contributed by atoms with van der Waals surface area (Å²) in [7, 11) is 0. The number of alkyl halides is 2. The van der Waals surface area contributed by atoms with Crippen molar-refractivity contribution in [3.8, 4) is 0 Å². The molecule has 1 unspecified atom stereocenters. The van der Waals surface area contributed by atoms with Gasteiger partial charge in [-0.25, -0.2) is 4.39 Å². The highest BCUT2D eigenvalue weighted by Gasteiger charge is 2.03. The van der Waals surface area contributed by atoms with Gasteiger partial charge in [0.05, 0.1) is 0 Å². The average Bonchev–Trinajstić information content (AvgIpc) is 2.05. The van der Waals surface area contributed by atoms with Gasteiger partial charge in [0.2, 0.25) is 0 Å². The molecule has 0 aromatic heterocycles. The first kappa shape index (κ1) is 9.32. The molecule has 3 heteroatoms. The molecule has 0 saturated carbocycles. The van der Waals surface area contributed by atoms with Crippen LogP contribution >= 0.6 is 35.2 Å². The maximum atomic E-state index is 12.7. The molecule has 0 nitrogen and oxygen atoms in total. The largest absolute Gasteiger partial charge is 0.231 e. The first-order valence-electron chi connectivity index (χ1n) is 3.22. The first-order valence-corrected chi connectivity index (χ1v) is 5.09. The Labute approximate surface area is 84.7 Å². The lowest BCUT2D eigenvalue weighted by molar-refractivity contribution is 0.490. The van der Waals surface area contributed by atoms with Gasteiger partial charge in [-0.3, -0.25) is 0 Å². The highest BCUT2D eigenvalue weighted by Crippen LogP contribution is 2.25. The van der Waals surface area contributed by atoms with E-state index in [1.165, 1.54) is 0 Å². The van der Waals surface area contributed by atoms with Crippen LogP contribution in [-0.4, -0.2) is 0 Å². The predicted octanol–water partition coefficient (Wildman–Crippen LogP) is 3.52. The molecule has 0 heterocycles. The normalized spacial score (nSPS) is 13.0. The van der Waals surface area contributed by atoms with Crippen LogP contribution in [0, 0.1) is 0 Å². The minimum absolute atomic E-state index is 0.664. The summed E-state index contributed by atoms with van der Waals surface area (Å²) in [5.74, 6) is 0.664. The smallest absolute Gasteiger partial charge is 0.176 e. The molecule has 1 aromatic carbocycles. The summed E-state index contributed by atoms with van der Waals surface area (Å²) in [5, 5.41) is 0. The van der Waals surface area contributed by atoms with Crippen molar-refractivity contribution in [1.82, 2.24) is 0 Å². The SMILES string of the molecule is FC(I)c1cccc(CS)c1. The molecule has 0 fully saturated rings. The molecule has 60 valence electrons. The molecule has 0 aliphatic heterocycles. The van der Waals surface area contributed by atoms with Crippen molar-refractivity contribution in [3.05, 3.63) is 35.4 Å². The van der Waals surface area contributed by atoms with Crippen LogP contribution in [0.5, 0.6) is 0 Å². The second kappa shape index (κ2) is 4.30. The quantitative estimate of drug-likeness (QED) is 0.479. The van der Waals surface area contributed by atoms with Gasteiger partial charge < -0.3 is 0 Å². The Hall–Kier alpha value is 0.230. The van der Waals surface area contributed by atoms with Crippen molar-refractivity contribution >= 4 is 35.2 Å². The fraction of sp³-hybridized carbons (Fsp3) is 0.250. The first-order chi connectivity index (χ1) is 5.24. The van der Waals surface area contributed by atoms with E-state index < -0.39 is 4.18 Å². The van der Waals surface area contributed by atoms with Gasteiger partial charge in [-0.1, -0.05) is 24.3 Å². The van der Waals surface area contributed by atoms with Crippen LogP contribution in [0.1, 0.15) is 15.3 Å². The zero-order valence-electron chi connectivity index (χ0n) is 5.80. The van der Waals surface area contributed by atoms with E-state index >= 15 is 0 Å². The Bertz CT molecular complexity index is 237. The molecule has 0 bridgehead atoms. The highest BCUT2D eigenvalue weighted by atomic mass is 127. The second-order valence-corrected chi connectivity index (χ2v) is 3.61. The summed E-state index contributed by atoms with van der Waals surface area (Å²) in [4.78, 5) is 0. The van der Waals surface area contributed by atoms with Gasteiger partial charge in [0.15, 0.2) is 4.18 Å². The highest BCUT2D eigenvalue weighted by molar-refractivity contribution is 14.1. The maximum absolute atomic E-state index is 12.7. The third kappa shape index (κ3) is 2.63. The molecule has 1 rings (SSSR count). The third-order valence-corrected chi connectivity index (χ3v) is 2.47. The Morgan fingerprint density at radius 2 is 2.27 bits per heavy atom. The maximum Gasteiger partial charge on any atom is 0.176 e. The van der Waals surface area contributed by atoms with Gasteiger partial charge >= 0.3 is 0 Å². The minimum Gasteiger partial charge on any atom is -0.231 e. The summed E-state index contributed by atoms with van der Waals surface area (Å²) in [5.41, 5.74) is 1.78. The van der Waals surface area contributed by atoms with Crippen molar-refractivity contribution in [2.24, 2.45) is 0 Å². The lowest BCUT2D eigenvalue weighted by Crippen LogP contribution is -1.84. The van der Waals surface area contributed by atoms with E-state index in [1.54, 1.807) is 28.7 Å². The molecule has 0 N–H and O–H groups in total.